The summed E-state index contributed by atoms with van der Waals surface area (Å²) >= 11 is 5.89. The average Bonchev–Trinajstić information content (AvgIpc) is 3.34. The van der Waals surface area contributed by atoms with Gasteiger partial charge in [-0.3, -0.25) is 4.57 Å². The second-order valence-corrected chi connectivity index (χ2v) is 8.12. The Bertz CT molecular complexity index is 1390. The summed E-state index contributed by atoms with van der Waals surface area (Å²) in [5.41, 5.74) is -0.229. The van der Waals surface area contributed by atoms with Crippen LogP contribution in [0, 0.1) is 5.82 Å². The fourth-order valence-corrected chi connectivity index (χ4v) is 3.55. The van der Waals surface area contributed by atoms with Crippen LogP contribution in [0.25, 0.3) is 17.1 Å². The molecule has 0 radical (unpaired) electrons. The van der Waals surface area contributed by atoms with Crippen molar-refractivity contribution < 1.29 is 22.0 Å². The van der Waals surface area contributed by atoms with Gasteiger partial charge in [-0.15, -0.1) is 10.2 Å². The van der Waals surface area contributed by atoms with Gasteiger partial charge in [-0.2, -0.15) is 13.2 Å². The summed E-state index contributed by atoms with van der Waals surface area (Å²) in [5, 5.41) is 8.77. The lowest BCUT2D eigenvalue weighted by Gasteiger charge is -2.08. The lowest BCUT2D eigenvalue weighted by Crippen LogP contribution is -2.27. The molecule has 4 rings (SSSR count). The number of hydrogen-bond acceptors (Lipinski definition) is 4. The number of benzene rings is 2. The van der Waals surface area contributed by atoms with Gasteiger partial charge in [-0.05, 0) is 49.4 Å². The fourth-order valence-electron chi connectivity index (χ4n) is 3.42. The molecule has 0 bridgehead atoms. The Morgan fingerprint density at radius 1 is 1.09 bits per heavy atom. The lowest BCUT2D eigenvalue weighted by atomic mass is 10.2. The topological polar surface area (TPSA) is 70.5 Å². The molecule has 13 heteroatoms. The monoisotopic (exact) mass is 512 g/mol. The Morgan fingerprint density at radius 2 is 1.80 bits per heavy atom. The van der Waals surface area contributed by atoms with Crippen LogP contribution in [0.15, 0.2) is 53.3 Å². The van der Waals surface area contributed by atoms with Crippen molar-refractivity contribution in [2.24, 2.45) is 0 Å². The summed E-state index contributed by atoms with van der Waals surface area (Å²) in [7, 11) is 0. The van der Waals surface area contributed by atoms with Crippen molar-refractivity contribution in [2.45, 2.75) is 38.8 Å². The Hall–Kier alpha value is -3.54. The molecular weight excluding hydrogens is 495 g/mol. The number of rotatable bonds is 7. The Morgan fingerprint density at radius 3 is 2.43 bits per heavy atom. The smallest absolute Gasteiger partial charge is 0.275 e. The number of halogens is 6. The van der Waals surface area contributed by atoms with Crippen molar-refractivity contribution >= 4 is 11.6 Å². The molecule has 2 heterocycles. The van der Waals surface area contributed by atoms with E-state index in [0.717, 1.165) is 20.0 Å². The Labute approximate surface area is 200 Å². The largest absolute Gasteiger partial charge is 0.390 e. The first-order valence-corrected chi connectivity index (χ1v) is 10.8. The molecule has 184 valence electrons. The molecule has 0 fully saturated rings. The van der Waals surface area contributed by atoms with Gasteiger partial charge in [0.25, 0.3) is 0 Å². The zero-order valence-electron chi connectivity index (χ0n) is 18.2. The van der Waals surface area contributed by atoms with Gasteiger partial charge in [0.2, 0.25) is 0 Å². The SMILES string of the molecule is CC(F)c1nc(Cn2nc(-c3ccc(Cl)cc3)n(CCC(F)(F)F)c2=O)nn1-c1cccc(F)c1. The van der Waals surface area contributed by atoms with E-state index in [0.29, 0.717) is 10.6 Å². The highest BCUT2D eigenvalue weighted by molar-refractivity contribution is 6.30. The van der Waals surface area contributed by atoms with Crippen LogP contribution in [0.2, 0.25) is 5.02 Å². The molecule has 1 atom stereocenters. The molecule has 0 aliphatic heterocycles. The summed E-state index contributed by atoms with van der Waals surface area (Å²) in [4.78, 5) is 17.1. The highest BCUT2D eigenvalue weighted by atomic mass is 35.5. The molecule has 0 saturated heterocycles. The summed E-state index contributed by atoms with van der Waals surface area (Å²) < 4.78 is 69.5. The molecule has 0 spiro atoms. The third-order valence-electron chi connectivity index (χ3n) is 5.02. The Kier molecular flexibility index (Phi) is 6.75. The van der Waals surface area contributed by atoms with Crippen molar-refractivity contribution in [2.75, 3.05) is 0 Å². The van der Waals surface area contributed by atoms with Gasteiger partial charge in [0, 0.05) is 17.1 Å². The van der Waals surface area contributed by atoms with Crippen LogP contribution < -0.4 is 5.69 Å². The van der Waals surface area contributed by atoms with E-state index in [1.165, 1.54) is 49.4 Å². The highest BCUT2D eigenvalue weighted by Crippen LogP contribution is 2.24. The van der Waals surface area contributed by atoms with Crippen LogP contribution in [-0.2, 0) is 13.1 Å². The van der Waals surface area contributed by atoms with Crippen LogP contribution in [0.3, 0.4) is 0 Å². The third kappa shape index (κ3) is 5.59. The van der Waals surface area contributed by atoms with Gasteiger partial charge in [-0.25, -0.2) is 27.9 Å². The van der Waals surface area contributed by atoms with E-state index in [1.807, 2.05) is 0 Å². The zero-order valence-corrected chi connectivity index (χ0v) is 18.9. The number of nitrogens with zero attached hydrogens (tertiary/aromatic N) is 6. The molecule has 35 heavy (non-hydrogen) atoms. The first-order chi connectivity index (χ1) is 16.5. The van der Waals surface area contributed by atoms with Crippen molar-refractivity contribution in [1.82, 2.24) is 29.1 Å². The molecule has 0 aliphatic carbocycles. The minimum absolute atomic E-state index is 0.000405. The quantitative estimate of drug-likeness (QED) is 0.322. The van der Waals surface area contributed by atoms with Gasteiger partial charge >= 0.3 is 11.9 Å². The molecular formula is C22H18ClF5N6O. The molecule has 0 aliphatic rings. The first kappa shape index (κ1) is 24.6. The van der Waals surface area contributed by atoms with Crippen LogP contribution in [0.4, 0.5) is 22.0 Å². The predicted molar refractivity (Wildman–Crippen MR) is 118 cm³/mol. The van der Waals surface area contributed by atoms with Gasteiger partial charge in [0.15, 0.2) is 23.6 Å². The first-order valence-electron chi connectivity index (χ1n) is 10.4. The minimum atomic E-state index is -4.49. The maximum absolute atomic E-state index is 14.2. The second-order valence-electron chi connectivity index (χ2n) is 7.68. The third-order valence-corrected chi connectivity index (χ3v) is 5.27. The van der Waals surface area contributed by atoms with E-state index in [2.05, 4.69) is 15.2 Å². The maximum Gasteiger partial charge on any atom is 0.390 e. The maximum atomic E-state index is 14.2. The number of aromatic nitrogens is 6. The molecule has 2 aromatic heterocycles. The van der Waals surface area contributed by atoms with E-state index >= 15 is 0 Å². The highest BCUT2D eigenvalue weighted by Gasteiger charge is 2.29. The summed E-state index contributed by atoms with van der Waals surface area (Å²) in [5.74, 6) is -0.726. The minimum Gasteiger partial charge on any atom is -0.275 e. The molecule has 0 saturated carbocycles. The molecule has 0 amide bonds. The number of alkyl halides is 4. The molecule has 2 aromatic carbocycles. The molecule has 1 unspecified atom stereocenters. The van der Waals surface area contributed by atoms with Gasteiger partial charge in [-0.1, -0.05) is 17.7 Å². The van der Waals surface area contributed by atoms with Crippen LogP contribution in [0.1, 0.15) is 31.2 Å². The molecule has 7 nitrogen and oxygen atoms in total. The van der Waals surface area contributed by atoms with Crippen molar-refractivity contribution in [3.05, 3.63) is 81.5 Å². The molecule has 4 aromatic rings. The lowest BCUT2D eigenvalue weighted by molar-refractivity contribution is -0.136. The van der Waals surface area contributed by atoms with Crippen LogP contribution in [0.5, 0.6) is 0 Å². The summed E-state index contributed by atoms with van der Waals surface area (Å²) in [6, 6.07) is 11.4. The predicted octanol–water partition coefficient (Wildman–Crippen LogP) is 5.12. The number of hydrogen-bond donors (Lipinski definition) is 0. The van der Waals surface area contributed by atoms with Crippen LogP contribution in [-0.4, -0.2) is 35.3 Å². The van der Waals surface area contributed by atoms with Gasteiger partial charge < -0.3 is 0 Å². The van der Waals surface area contributed by atoms with E-state index in [-0.39, 0.29) is 29.7 Å². The standard InChI is InChI=1S/C22H18ClF5N6O/c1-13(24)19-29-18(30-34(19)17-4-2-3-16(25)11-17)12-33-21(35)32(10-9-22(26,27)28)20(31-33)14-5-7-15(23)8-6-14/h2-8,11,13H,9-10,12H2,1H3. The van der Waals surface area contributed by atoms with Crippen molar-refractivity contribution in [3.63, 3.8) is 0 Å². The molecule has 0 N–H and O–H groups in total. The van der Waals surface area contributed by atoms with E-state index in [1.54, 1.807) is 0 Å². The average molecular weight is 513 g/mol. The van der Waals surface area contributed by atoms with E-state index in [9.17, 15) is 26.7 Å². The van der Waals surface area contributed by atoms with E-state index < -0.39 is 36.8 Å². The Balaban J connectivity index is 1.74. The summed E-state index contributed by atoms with van der Waals surface area (Å²) in [6.45, 7) is 0.221. The van der Waals surface area contributed by atoms with E-state index in [4.69, 9.17) is 11.6 Å². The van der Waals surface area contributed by atoms with Gasteiger partial charge in [0.1, 0.15) is 12.4 Å². The normalized spacial score (nSPS) is 12.8. The van der Waals surface area contributed by atoms with Crippen molar-refractivity contribution in [3.8, 4) is 17.1 Å². The fraction of sp³-hybridized carbons (Fsp3) is 0.273. The van der Waals surface area contributed by atoms with Gasteiger partial charge in [0.05, 0.1) is 12.1 Å². The van der Waals surface area contributed by atoms with Crippen molar-refractivity contribution in [1.29, 1.82) is 0 Å². The van der Waals surface area contributed by atoms with Crippen LogP contribution >= 0.6 is 11.6 Å². The second kappa shape index (κ2) is 9.61. The summed E-state index contributed by atoms with van der Waals surface area (Å²) in [6.07, 6.45) is -7.31. The zero-order chi connectivity index (χ0) is 25.3.